The molecular weight excluding hydrogens is 188 g/mol. The Hall–Kier alpha value is -0.650. The Morgan fingerprint density at radius 3 is 2.29 bits per heavy atom. The molecule has 0 aliphatic carbocycles. The maximum absolute atomic E-state index is 11.2. The van der Waals surface area contributed by atoms with Gasteiger partial charge in [-0.15, -0.1) is 0 Å². The molecule has 5 nitrogen and oxygen atoms in total. The third kappa shape index (κ3) is 1.51. The average Bonchev–Trinajstić information content (AvgIpc) is 2.30. The van der Waals surface area contributed by atoms with Gasteiger partial charge in [-0.1, -0.05) is 0 Å². The number of cyclic esters (lactones) is 1. The van der Waals surface area contributed by atoms with E-state index in [0.29, 0.717) is 0 Å². The number of carbonyl (C=O) groups is 1. The van der Waals surface area contributed by atoms with Gasteiger partial charge >= 0.3 is 5.97 Å². The quantitative estimate of drug-likeness (QED) is 0.504. The summed E-state index contributed by atoms with van der Waals surface area (Å²) in [6, 6.07) is 0. The Labute approximate surface area is 82.3 Å². The van der Waals surface area contributed by atoms with E-state index in [1.54, 1.807) is 0 Å². The Kier molecular flexibility index (Phi) is 2.85. The number of rotatable bonds is 2. The van der Waals surface area contributed by atoms with Gasteiger partial charge < -0.3 is 20.1 Å². The van der Waals surface area contributed by atoms with Crippen LogP contribution in [0.25, 0.3) is 0 Å². The second-order valence-electron chi connectivity index (χ2n) is 4.02. The van der Waals surface area contributed by atoms with Crippen molar-refractivity contribution in [2.45, 2.75) is 44.7 Å². The van der Waals surface area contributed by atoms with Crippen LogP contribution in [-0.4, -0.2) is 45.2 Å². The first-order valence-electron chi connectivity index (χ1n) is 4.57. The summed E-state index contributed by atoms with van der Waals surface area (Å²) in [6.07, 6.45) is -3.45. The molecular formula is C9H16O5. The molecule has 1 fully saturated rings. The van der Waals surface area contributed by atoms with E-state index in [0.717, 1.165) is 0 Å². The van der Waals surface area contributed by atoms with Crippen LogP contribution in [0, 0.1) is 5.92 Å². The Bertz CT molecular complexity index is 239. The van der Waals surface area contributed by atoms with Crippen molar-refractivity contribution in [1.82, 2.24) is 0 Å². The zero-order chi connectivity index (χ0) is 11.1. The Morgan fingerprint density at radius 2 is 2.00 bits per heavy atom. The number of hydrogen-bond donors (Lipinski definition) is 3. The molecule has 0 bridgehead atoms. The van der Waals surface area contributed by atoms with Crippen molar-refractivity contribution in [3.63, 3.8) is 0 Å². The summed E-state index contributed by atoms with van der Waals surface area (Å²) in [5, 5.41) is 28.5. The maximum Gasteiger partial charge on any atom is 0.312 e. The predicted molar refractivity (Wildman–Crippen MR) is 47.4 cm³/mol. The highest BCUT2D eigenvalue weighted by atomic mass is 16.6. The molecule has 0 saturated carbocycles. The molecule has 0 spiro atoms. The van der Waals surface area contributed by atoms with Crippen LogP contribution in [0.4, 0.5) is 0 Å². The molecule has 0 amide bonds. The van der Waals surface area contributed by atoms with Gasteiger partial charge in [0.2, 0.25) is 0 Å². The number of ether oxygens (including phenoxy) is 1. The number of aliphatic hydroxyl groups excluding tert-OH is 3. The minimum absolute atomic E-state index is 0.556. The first-order chi connectivity index (χ1) is 6.30. The number of aliphatic hydroxyl groups is 3. The van der Waals surface area contributed by atoms with E-state index in [1.165, 1.54) is 20.8 Å². The fourth-order valence-electron chi connectivity index (χ4n) is 1.71. The zero-order valence-electron chi connectivity index (χ0n) is 8.47. The van der Waals surface area contributed by atoms with Crippen LogP contribution in [0.3, 0.4) is 0 Å². The molecule has 0 aromatic rings. The standard InChI is InChI=1S/C9H16O5/c1-4-6(11)9(3,14-8(4)13)7(12)5(2)10/h4-7,10-12H,1-3H3/t4-,5+,6-,7+,9-/m1/s1. The summed E-state index contributed by atoms with van der Waals surface area (Å²) < 4.78 is 4.90. The van der Waals surface area contributed by atoms with Gasteiger partial charge in [0.05, 0.1) is 12.0 Å². The average molecular weight is 204 g/mol. The number of hydrogen-bond acceptors (Lipinski definition) is 5. The lowest BCUT2D eigenvalue weighted by Crippen LogP contribution is -2.53. The van der Waals surface area contributed by atoms with E-state index in [2.05, 4.69) is 0 Å². The lowest BCUT2D eigenvalue weighted by molar-refractivity contribution is -0.174. The van der Waals surface area contributed by atoms with Gasteiger partial charge in [0, 0.05) is 0 Å². The third-order valence-electron chi connectivity index (χ3n) is 2.80. The molecule has 0 radical (unpaired) electrons. The summed E-state index contributed by atoms with van der Waals surface area (Å²) in [5.74, 6) is -1.23. The molecule has 0 aromatic heterocycles. The van der Waals surface area contributed by atoms with Crippen LogP contribution >= 0.6 is 0 Å². The largest absolute Gasteiger partial charge is 0.453 e. The molecule has 1 heterocycles. The van der Waals surface area contributed by atoms with Crippen LogP contribution < -0.4 is 0 Å². The second kappa shape index (κ2) is 3.49. The van der Waals surface area contributed by atoms with Crippen LogP contribution in [0.2, 0.25) is 0 Å². The van der Waals surface area contributed by atoms with Crippen molar-refractivity contribution >= 4 is 5.97 Å². The van der Waals surface area contributed by atoms with Gasteiger partial charge in [-0.2, -0.15) is 0 Å². The van der Waals surface area contributed by atoms with Gasteiger partial charge in [-0.25, -0.2) is 0 Å². The van der Waals surface area contributed by atoms with Crippen molar-refractivity contribution in [3.8, 4) is 0 Å². The van der Waals surface area contributed by atoms with Crippen molar-refractivity contribution in [2.75, 3.05) is 0 Å². The lowest BCUT2D eigenvalue weighted by Gasteiger charge is -2.33. The summed E-state index contributed by atoms with van der Waals surface area (Å²) in [4.78, 5) is 11.2. The Morgan fingerprint density at radius 1 is 1.50 bits per heavy atom. The van der Waals surface area contributed by atoms with Gasteiger partial charge in [0.15, 0.2) is 5.60 Å². The predicted octanol–water partition coefficient (Wildman–Crippen LogP) is -0.959. The highest BCUT2D eigenvalue weighted by Crippen LogP contribution is 2.35. The second-order valence-corrected chi connectivity index (χ2v) is 4.02. The number of carbonyl (C=O) groups excluding carboxylic acids is 1. The van der Waals surface area contributed by atoms with Crippen LogP contribution in [0.5, 0.6) is 0 Å². The van der Waals surface area contributed by atoms with E-state index < -0.39 is 35.8 Å². The van der Waals surface area contributed by atoms with Crippen LogP contribution in [0.15, 0.2) is 0 Å². The molecule has 0 unspecified atom stereocenters. The van der Waals surface area contributed by atoms with Gasteiger partial charge in [0.25, 0.3) is 0 Å². The first kappa shape index (κ1) is 11.4. The molecule has 1 aliphatic heterocycles. The van der Waals surface area contributed by atoms with E-state index in [1.807, 2.05) is 0 Å². The minimum Gasteiger partial charge on any atom is -0.453 e. The summed E-state index contributed by atoms with van der Waals surface area (Å²) in [5.41, 5.74) is -1.41. The zero-order valence-corrected chi connectivity index (χ0v) is 8.47. The summed E-state index contributed by atoms with van der Waals surface area (Å²) in [6.45, 7) is 4.31. The van der Waals surface area contributed by atoms with Crippen molar-refractivity contribution in [2.24, 2.45) is 5.92 Å². The minimum atomic E-state index is -1.41. The molecule has 1 saturated heterocycles. The van der Waals surface area contributed by atoms with Gasteiger partial charge in [0.1, 0.15) is 12.2 Å². The maximum atomic E-state index is 11.2. The molecule has 1 aliphatic rings. The molecule has 1 rings (SSSR count). The normalized spacial score (nSPS) is 42.0. The van der Waals surface area contributed by atoms with Crippen LogP contribution in [-0.2, 0) is 9.53 Å². The summed E-state index contributed by atoms with van der Waals surface area (Å²) >= 11 is 0. The highest BCUT2D eigenvalue weighted by molar-refractivity contribution is 5.76. The van der Waals surface area contributed by atoms with Crippen molar-refractivity contribution in [3.05, 3.63) is 0 Å². The van der Waals surface area contributed by atoms with E-state index in [9.17, 15) is 20.1 Å². The molecule has 5 atom stereocenters. The van der Waals surface area contributed by atoms with Crippen molar-refractivity contribution in [1.29, 1.82) is 0 Å². The monoisotopic (exact) mass is 204 g/mol. The lowest BCUT2D eigenvalue weighted by atomic mass is 9.86. The van der Waals surface area contributed by atoms with Gasteiger partial charge in [-0.3, -0.25) is 4.79 Å². The SMILES string of the molecule is C[C@H](O)[C@H](O)[C@]1(C)OC(=O)[C@H](C)[C@H]1O. The molecule has 3 N–H and O–H groups in total. The molecule has 0 aromatic carbocycles. The Balaban J connectivity index is 2.91. The first-order valence-corrected chi connectivity index (χ1v) is 4.57. The smallest absolute Gasteiger partial charge is 0.312 e. The van der Waals surface area contributed by atoms with E-state index in [-0.39, 0.29) is 0 Å². The number of esters is 1. The van der Waals surface area contributed by atoms with E-state index >= 15 is 0 Å². The highest BCUT2D eigenvalue weighted by Gasteiger charge is 2.55. The topological polar surface area (TPSA) is 87.0 Å². The molecule has 14 heavy (non-hydrogen) atoms. The van der Waals surface area contributed by atoms with E-state index in [4.69, 9.17) is 4.74 Å². The van der Waals surface area contributed by atoms with Crippen molar-refractivity contribution < 1.29 is 24.9 Å². The summed E-state index contributed by atoms with van der Waals surface area (Å²) in [7, 11) is 0. The molecule has 5 heteroatoms. The van der Waals surface area contributed by atoms with Gasteiger partial charge in [-0.05, 0) is 20.8 Å². The fourth-order valence-corrected chi connectivity index (χ4v) is 1.71. The fraction of sp³-hybridized carbons (Fsp3) is 0.889. The third-order valence-corrected chi connectivity index (χ3v) is 2.80. The molecule has 82 valence electrons. The van der Waals surface area contributed by atoms with Crippen LogP contribution in [0.1, 0.15) is 20.8 Å².